The number of anilines is 1. The Balaban J connectivity index is 1.97. The van der Waals surface area contributed by atoms with Gasteiger partial charge in [-0.2, -0.15) is 4.31 Å². The SMILES string of the molecule is C=CC(=O)Nc1ccc(S(=O)(=O)N2CCN(C(=O)OCC(C)C)CC2)cc1. The number of ether oxygens (including phenoxy) is 1. The van der Waals surface area contributed by atoms with E-state index in [-0.39, 0.29) is 42.9 Å². The largest absolute Gasteiger partial charge is 0.449 e. The lowest BCUT2D eigenvalue weighted by atomic mass is 10.2. The van der Waals surface area contributed by atoms with Crippen molar-refractivity contribution >= 4 is 27.7 Å². The van der Waals surface area contributed by atoms with Crippen molar-refractivity contribution in [3.63, 3.8) is 0 Å². The van der Waals surface area contributed by atoms with E-state index in [2.05, 4.69) is 11.9 Å². The molecule has 2 amide bonds. The second-order valence-corrected chi connectivity index (χ2v) is 8.52. The molecule has 0 spiro atoms. The molecular weight excluding hydrogens is 370 g/mol. The van der Waals surface area contributed by atoms with Crippen molar-refractivity contribution in [2.75, 3.05) is 38.1 Å². The normalized spacial score (nSPS) is 15.4. The van der Waals surface area contributed by atoms with Crippen molar-refractivity contribution in [2.24, 2.45) is 5.92 Å². The number of carbonyl (C=O) groups excluding carboxylic acids is 2. The summed E-state index contributed by atoms with van der Waals surface area (Å²) in [5.41, 5.74) is 0.483. The second kappa shape index (κ2) is 9.01. The van der Waals surface area contributed by atoms with E-state index in [0.29, 0.717) is 12.3 Å². The summed E-state index contributed by atoms with van der Waals surface area (Å²) in [7, 11) is -3.67. The molecule has 1 saturated heterocycles. The van der Waals surface area contributed by atoms with Crippen LogP contribution in [-0.4, -0.2) is 62.4 Å². The Morgan fingerprint density at radius 3 is 2.30 bits per heavy atom. The summed E-state index contributed by atoms with van der Waals surface area (Å²) in [5.74, 6) is -0.124. The highest BCUT2D eigenvalue weighted by Crippen LogP contribution is 2.20. The first-order valence-corrected chi connectivity index (χ1v) is 10.1. The van der Waals surface area contributed by atoms with Crippen LogP contribution >= 0.6 is 0 Å². The van der Waals surface area contributed by atoms with Crippen molar-refractivity contribution in [1.82, 2.24) is 9.21 Å². The number of carbonyl (C=O) groups is 2. The maximum Gasteiger partial charge on any atom is 0.409 e. The number of nitrogens with zero attached hydrogens (tertiary/aromatic N) is 2. The maximum absolute atomic E-state index is 12.8. The van der Waals surface area contributed by atoms with Crippen molar-refractivity contribution < 1.29 is 22.7 Å². The van der Waals surface area contributed by atoms with Gasteiger partial charge in [-0.25, -0.2) is 13.2 Å². The fourth-order valence-electron chi connectivity index (χ4n) is 2.49. The molecule has 0 radical (unpaired) electrons. The van der Waals surface area contributed by atoms with Gasteiger partial charge in [0, 0.05) is 31.9 Å². The van der Waals surface area contributed by atoms with Crippen molar-refractivity contribution in [3.8, 4) is 0 Å². The van der Waals surface area contributed by atoms with Gasteiger partial charge in [-0.05, 0) is 36.3 Å². The Labute approximate surface area is 159 Å². The molecule has 1 fully saturated rings. The van der Waals surface area contributed by atoms with Gasteiger partial charge >= 0.3 is 6.09 Å². The van der Waals surface area contributed by atoms with Gasteiger partial charge < -0.3 is 15.0 Å². The second-order valence-electron chi connectivity index (χ2n) is 6.58. The molecule has 27 heavy (non-hydrogen) atoms. The van der Waals surface area contributed by atoms with Crippen LogP contribution < -0.4 is 5.32 Å². The van der Waals surface area contributed by atoms with E-state index in [4.69, 9.17) is 4.74 Å². The smallest absolute Gasteiger partial charge is 0.409 e. The molecule has 8 nitrogen and oxygen atoms in total. The third kappa shape index (κ3) is 5.54. The van der Waals surface area contributed by atoms with Crippen LogP contribution in [-0.2, 0) is 19.6 Å². The highest BCUT2D eigenvalue weighted by Gasteiger charge is 2.30. The molecule has 9 heteroatoms. The van der Waals surface area contributed by atoms with Gasteiger partial charge in [0.15, 0.2) is 0 Å². The third-order valence-electron chi connectivity index (χ3n) is 3.98. The number of hydrogen-bond donors (Lipinski definition) is 1. The Morgan fingerprint density at radius 2 is 1.78 bits per heavy atom. The van der Waals surface area contributed by atoms with Crippen LogP contribution in [0.3, 0.4) is 0 Å². The van der Waals surface area contributed by atoms with E-state index in [0.717, 1.165) is 6.08 Å². The fourth-order valence-corrected chi connectivity index (χ4v) is 3.92. The monoisotopic (exact) mass is 395 g/mol. The number of amides is 2. The molecule has 0 bridgehead atoms. The van der Waals surface area contributed by atoms with E-state index in [1.807, 2.05) is 13.8 Å². The number of piperazine rings is 1. The first-order valence-electron chi connectivity index (χ1n) is 8.69. The zero-order valence-electron chi connectivity index (χ0n) is 15.6. The number of nitrogens with one attached hydrogen (secondary N) is 1. The van der Waals surface area contributed by atoms with Crippen molar-refractivity contribution in [2.45, 2.75) is 18.7 Å². The Kier molecular flexibility index (Phi) is 6.98. The molecule has 1 aliphatic heterocycles. The lowest BCUT2D eigenvalue weighted by molar-refractivity contribution is -0.111. The highest BCUT2D eigenvalue weighted by molar-refractivity contribution is 7.89. The van der Waals surface area contributed by atoms with Crippen LogP contribution in [0.15, 0.2) is 41.8 Å². The van der Waals surface area contributed by atoms with Crippen molar-refractivity contribution in [3.05, 3.63) is 36.9 Å². The Morgan fingerprint density at radius 1 is 1.19 bits per heavy atom. The van der Waals surface area contributed by atoms with E-state index >= 15 is 0 Å². The van der Waals surface area contributed by atoms with E-state index < -0.39 is 16.1 Å². The van der Waals surface area contributed by atoms with Crippen LogP contribution in [0.5, 0.6) is 0 Å². The summed E-state index contributed by atoms with van der Waals surface area (Å²) < 4.78 is 32.0. The van der Waals surface area contributed by atoms with Gasteiger partial charge in [0.1, 0.15) is 0 Å². The summed E-state index contributed by atoms with van der Waals surface area (Å²) in [5, 5.41) is 2.56. The average molecular weight is 395 g/mol. The van der Waals surface area contributed by atoms with Crippen LogP contribution in [0.4, 0.5) is 10.5 Å². The van der Waals surface area contributed by atoms with Gasteiger partial charge in [0.05, 0.1) is 11.5 Å². The van der Waals surface area contributed by atoms with Crippen molar-refractivity contribution in [1.29, 1.82) is 0 Å². The zero-order valence-corrected chi connectivity index (χ0v) is 16.4. The summed E-state index contributed by atoms with van der Waals surface area (Å²) in [6.45, 7) is 8.57. The van der Waals surface area contributed by atoms with Crippen LogP contribution in [0, 0.1) is 5.92 Å². The molecule has 0 atom stereocenters. The number of hydrogen-bond acceptors (Lipinski definition) is 5. The maximum atomic E-state index is 12.8. The van der Waals surface area contributed by atoms with Crippen LogP contribution in [0.1, 0.15) is 13.8 Å². The summed E-state index contributed by atoms with van der Waals surface area (Å²) in [4.78, 5) is 24.9. The van der Waals surface area contributed by atoms with Crippen LogP contribution in [0.2, 0.25) is 0 Å². The van der Waals surface area contributed by atoms with E-state index in [9.17, 15) is 18.0 Å². The van der Waals surface area contributed by atoms with Gasteiger partial charge in [0.2, 0.25) is 15.9 Å². The standard InChI is InChI=1S/C18H25N3O5S/c1-4-17(22)19-15-5-7-16(8-6-15)27(24,25)21-11-9-20(10-12-21)18(23)26-13-14(2)3/h4-8,14H,1,9-13H2,2-3H3,(H,19,22). The lowest BCUT2D eigenvalue weighted by Gasteiger charge is -2.33. The molecule has 1 aliphatic rings. The number of rotatable bonds is 6. The molecule has 0 aromatic heterocycles. The molecule has 1 aromatic rings. The highest BCUT2D eigenvalue weighted by atomic mass is 32.2. The summed E-state index contributed by atoms with van der Waals surface area (Å²) in [6, 6.07) is 5.93. The van der Waals surface area contributed by atoms with E-state index in [1.165, 1.54) is 33.5 Å². The van der Waals surface area contributed by atoms with Gasteiger partial charge in [0.25, 0.3) is 0 Å². The van der Waals surface area contributed by atoms with Gasteiger partial charge in [-0.1, -0.05) is 20.4 Å². The molecule has 0 saturated carbocycles. The van der Waals surface area contributed by atoms with Crippen LogP contribution in [0.25, 0.3) is 0 Å². The molecule has 2 rings (SSSR count). The minimum absolute atomic E-state index is 0.134. The minimum Gasteiger partial charge on any atom is -0.449 e. The zero-order chi connectivity index (χ0) is 20.0. The molecule has 0 aliphatic carbocycles. The quantitative estimate of drug-likeness (QED) is 0.743. The first-order chi connectivity index (χ1) is 12.7. The summed E-state index contributed by atoms with van der Waals surface area (Å²) >= 11 is 0. The van der Waals surface area contributed by atoms with Gasteiger partial charge in [-0.3, -0.25) is 4.79 Å². The molecule has 148 valence electrons. The topological polar surface area (TPSA) is 96.0 Å². The Hall–Kier alpha value is -2.39. The van der Waals surface area contributed by atoms with E-state index in [1.54, 1.807) is 0 Å². The molecule has 0 unspecified atom stereocenters. The van der Waals surface area contributed by atoms with Gasteiger partial charge in [-0.15, -0.1) is 0 Å². The molecule has 1 N–H and O–H groups in total. The third-order valence-corrected chi connectivity index (χ3v) is 5.89. The molecule has 1 heterocycles. The molecule has 1 aromatic carbocycles. The first kappa shape index (κ1) is 20.9. The Bertz CT molecular complexity index is 782. The predicted octanol–water partition coefficient (Wildman–Crippen LogP) is 1.91. The fraction of sp³-hybridized carbons (Fsp3) is 0.444. The molecular formula is C18H25N3O5S. The number of benzene rings is 1. The lowest BCUT2D eigenvalue weighted by Crippen LogP contribution is -2.50. The summed E-state index contributed by atoms with van der Waals surface area (Å²) in [6.07, 6.45) is 0.721. The average Bonchev–Trinajstić information content (AvgIpc) is 2.66. The minimum atomic E-state index is -3.67. The number of sulfonamides is 1. The predicted molar refractivity (Wildman–Crippen MR) is 102 cm³/mol.